The number of hydrogen-bond donors (Lipinski definition) is 0. The molecule has 0 amide bonds. The smallest absolute Gasteiger partial charge is 0.332 e. The van der Waals surface area contributed by atoms with Gasteiger partial charge in [0.2, 0.25) is 0 Å². The number of rotatable bonds is 16. The summed E-state index contributed by atoms with van der Waals surface area (Å²) >= 11 is 0. The van der Waals surface area contributed by atoms with Gasteiger partial charge in [-0.25, -0.2) is 9.59 Å². The fourth-order valence-electron chi connectivity index (χ4n) is 2.08. The number of esters is 2. The molecule has 5 heteroatoms. The molecule has 0 bridgehead atoms. The first-order valence-corrected chi connectivity index (χ1v) is 9.09. The molecule has 23 heavy (non-hydrogen) atoms. The minimum atomic E-state index is -0.426. The van der Waals surface area contributed by atoms with Gasteiger partial charge in [0.25, 0.3) is 0 Å². The molecule has 5 nitrogen and oxygen atoms in total. The Balaban J connectivity index is 3.33. The van der Waals surface area contributed by atoms with Crippen LogP contribution in [-0.4, -0.2) is 38.4 Å². The van der Waals surface area contributed by atoms with Gasteiger partial charge in [-0.15, -0.1) is 0 Å². The van der Waals surface area contributed by atoms with Crippen molar-refractivity contribution in [2.75, 3.05) is 26.4 Å². The van der Waals surface area contributed by atoms with Crippen molar-refractivity contribution in [3.05, 3.63) is 0 Å². The molecule has 0 radical (unpaired) electrons. The van der Waals surface area contributed by atoms with E-state index in [4.69, 9.17) is 14.2 Å². The molecule has 0 aliphatic rings. The first-order chi connectivity index (χ1) is 11.2. The Morgan fingerprint density at radius 3 is 1.48 bits per heavy atom. The highest BCUT2D eigenvalue weighted by Crippen LogP contribution is 2.05. The van der Waals surface area contributed by atoms with Crippen LogP contribution in [0, 0.1) is 0 Å². The van der Waals surface area contributed by atoms with Gasteiger partial charge in [-0.05, 0) is 12.8 Å². The van der Waals surface area contributed by atoms with Crippen LogP contribution >= 0.6 is 0 Å². The Morgan fingerprint density at radius 2 is 1.00 bits per heavy atom. The second-order valence-corrected chi connectivity index (χ2v) is 5.76. The van der Waals surface area contributed by atoms with E-state index in [1.807, 2.05) is 0 Å². The number of ether oxygens (including phenoxy) is 3. The van der Waals surface area contributed by atoms with Crippen LogP contribution in [0.2, 0.25) is 0 Å². The Morgan fingerprint density at radius 1 is 0.609 bits per heavy atom. The normalized spacial score (nSPS) is 10.5. The van der Waals surface area contributed by atoms with Crippen LogP contribution in [0.15, 0.2) is 0 Å². The molecule has 0 saturated carbocycles. The number of hydrogen-bond acceptors (Lipinski definition) is 5. The van der Waals surface area contributed by atoms with Crippen LogP contribution in [0.4, 0.5) is 0 Å². The van der Waals surface area contributed by atoms with Crippen molar-refractivity contribution >= 4 is 11.9 Å². The maximum absolute atomic E-state index is 11.4. The highest BCUT2D eigenvalue weighted by Gasteiger charge is 2.07. The van der Waals surface area contributed by atoms with E-state index in [0.29, 0.717) is 13.2 Å². The lowest BCUT2D eigenvalue weighted by molar-refractivity contribution is -0.155. The summed E-state index contributed by atoms with van der Waals surface area (Å²) < 4.78 is 15.0. The first kappa shape index (κ1) is 21.9. The third kappa shape index (κ3) is 17.1. The molecule has 0 aromatic rings. The van der Waals surface area contributed by atoms with E-state index < -0.39 is 11.9 Å². The highest BCUT2D eigenvalue weighted by atomic mass is 16.6. The molecule has 0 N–H and O–H groups in total. The largest absolute Gasteiger partial charge is 0.464 e. The zero-order chi connectivity index (χ0) is 17.2. The van der Waals surface area contributed by atoms with E-state index in [-0.39, 0.29) is 13.2 Å². The summed E-state index contributed by atoms with van der Waals surface area (Å²) in [7, 11) is 0. The molecule has 0 heterocycles. The zero-order valence-electron chi connectivity index (χ0n) is 14.9. The Kier molecular flexibility index (Phi) is 16.4. The molecule has 0 fully saturated rings. The quantitative estimate of drug-likeness (QED) is 0.316. The van der Waals surface area contributed by atoms with Crippen LogP contribution in [0.5, 0.6) is 0 Å². The summed E-state index contributed by atoms with van der Waals surface area (Å²) in [6, 6.07) is 0. The predicted molar refractivity (Wildman–Crippen MR) is 90.3 cm³/mol. The van der Waals surface area contributed by atoms with E-state index in [1.54, 1.807) is 0 Å². The minimum absolute atomic E-state index is 0.194. The Hall–Kier alpha value is -1.10. The lowest BCUT2D eigenvalue weighted by Gasteiger charge is -2.07. The number of unbranched alkanes of at least 4 members (excludes halogenated alkanes) is 8. The van der Waals surface area contributed by atoms with Gasteiger partial charge in [0.1, 0.15) is 13.2 Å². The summed E-state index contributed by atoms with van der Waals surface area (Å²) in [5.74, 6) is -0.848. The van der Waals surface area contributed by atoms with E-state index in [1.165, 1.54) is 25.7 Å². The van der Waals surface area contributed by atoms with E-state index in [0.717, 1.165) is 38.5 Å². The van der Waals surface area contributed by atoms with Crippen LogP contribution in [0.3, 0.4) is 0 Å². The number of carbonyl (C=O) groups excluding carboxylic acids is 2. The Bertz CT molecular complexity index is 291. The van der Waals surface area contributed by atoms with Crippen molar-refractivity contribution in [2.24, 2.45) is 0 Å². The molecule has 0 aliphatic carbocycles. The zero-order valence-corrected chi connectivity index (χ0v) is 14.9. The van der Waals surface area contributed by atoms with E-state index in [2.05, 4.69) is 13.8 Å². The lowest BCUT2D eigenvalue weighted by atomic mass is 10.1. The molecular formula is C18H34O5. The molecule has 0 spiro atoms. The summed E-state index contributed by atoms with van der Waals surface area (Å²) in [6.07, 6.45) is 11.1. The van der Waals surface area contributed by atoms with Crippen molar-refractivity contribution in [1.29, 1.82) is 0 Å². The molecule has 0 aromatic heterocycles. The lowest BCUT2D eigenvalue weighted by Crippen LogP contribution is -2.19. The van der Waals surface area contributed by atoms with Crippen LogP contribution in [-0.2, 0) is 23.8 Å². The standard InChI is InChI=1S/C18H34O5/c1-3-5-7-9-10-12-14-23-18(20)16-21-15-17(19)22-13-11-8-6-4-2/h3-16H2,1-2H3. The summed E-state index contributed by atoms with van der Waals surface area (Å²) in [6.45, 7) is 4.77. The van der Waals surface area contributed by atoms with E-state index >= 15 is 0 Å². The van der Waals surface area contributed by atoms with Gasteiger partial charge < -0.3 is 14.2 Å². The summed E-state index contributed by atoms with van der Waals surface area (Å²) in [5.41, 5.74) is 0. The fourth-order valence-corrected chi connectivity index (χ4v) is 2.08. The van der Waals surface area contributed by atoms with Gasteiger partial charge in [-0.1, -0.05) is 65.2 Å². The SMILES string of the molecule is CCCCCCCCOC(=O)COCC(=O)OCCCCCC. The predicted octanol–water partition coefficient (Wildman–Crippen LogP) is 4.03. The molecule has 0 aromatic carbocycles. The van der Waals surface area contributed by atoms with Crippen LogP contribution in [0.25, 0.3) is 0 Å². The maximum atomic E-state index is 11.4. The maximum Gasteiger partial charge on any atom is 0.332 e. The second-order valence-electron chi connectivity index (χ2n) is 5.76. The monoisotopic (exact) mass is 330 g/mol. The van der Waals surface area contributed by atoms with Crippen molar-refractivity contribution < 1.29 is 23.8 Å². The molecule has 0 aliphatic heterocycles. The van der Waals surface area contributed by atoms with Crippen LogP contribution < -0.4 is 0 Å². The summed E-state index contributed by atoms with van der Waals surface area (Å²) in [4.78, 5) is 22.7. The van der Waals surface area contributed by atoms with Gasteiger partial charge in [-0.3, -0.25) is 0 Å². The van der Waals surface area contributed by atoms with Crippen molar-refractivity contribution in [2.45, 2.75) is 78.1 Å². The molecule has 0 unspecified atom stereocenters. The van der Waals surface area contributed by atoms with Crippen LogP contribution in [0.1, 0.15) is 78.1 Å². The first-order valence-electron chi connectivity index (χ1n) is 9.09. The molecule has 0 rings (SSSR count). The third-order valence-corrected chi connectivity index (χ3v) is 3.46. The van der Waals surface area contributed by atoms with Gasteiger partial charge in [-0.2, -0.15) is 0 Å². The highest BCUT2D eigenvalue weighted by molar-refractivity contribution is 5.73. The van der Waals surface area contributed by atoms with Gasteiger partial charge in [0.15, 0.2) is 0 Å². The second kappa shape index (κ2) is 17.3. The van der Waals surface area contributed by atoms with Crippen molar-refractivity contribution in [3.8, 4) is 0 Å². The average molecular weight is 330 g/mol. The average Bonchev–Trinajstić information content (AvgIpc) is 2.54. The van der Waals surface area contributed by atoms with E-state index in [9.17, 15) is 9.59 Å². The fraction of sp³-hybridized carbons (Fsp3) is 0.889. The van der Waals surface area contributed by atoms with Gasteiger partial charge in [0, 0.05) is 0 Å². The minimum Gasteiger partial charge on any atom is -0.464 e. The molecule has 0 atom stereocenters. The Labute approximate surface area is 141 Å². The summed E-state index contributed by atoms with van der Waals surface area (Å²) in [5, 5.41) is 0. The van der Waals surface area contributed by atoms with Crippen molar-refractivity contribution in [3.63, 3.8) is 0 Å². The number of carbonyl (C=O) groups is 2. The third-order valence-electron chi connectivity index (χ3n) is 3.46. The van der Waals surface area contributed by atoms with Gasteiger partial charge in [0.05, 0.1) is 13.2 Å². The molecule has 0 saturated heterocycles. The van der Waals surface area contributed by atoms with Gasteiger partial charge >= 0.3 is 11.9 Å². The topological polar surface area (TPSA) is 61.8 Å². The molecule has 136 valence electrons. The molecular weight excluding hydrogens is 296 g/mol. The van der Waals surface area contributed by atoms with Crippen molar-refractivity contribution in [1.82, 2.24) is 0 Å².